The van der Waals surface area contributed by atoms with E-state index >= 15 is 0 Å². The number of benzene rings is 2. The van der Waals surface area contributed by atoms with Gasteiger partial charge in [-0.25, -0.2) is 14.1 Å². The number of aryl methyl sites for hydroxylation is 2. The van der Waals surface area contributed by atoms with E-state index in [9.17, 15) is 14.0 Å². The maximum atomic E-state index is 13.3. The molecular weight excluding hydrogens is 465 g/mol. The molecule has 10 heteroatoms. The number of rotatable bonds is 4. The predicted octanol–water partition coefficient (Wildman–Crippen LogP) is 4.67. The highest BCUT2D eigenvalue weighted by molar-refractivity contribution is 7.99. The van der Waals surface area contributed by atoms with Crippen molar-refractivity contribution in [2.45, 2.75) is 31.5 Å². The van der Waals surface area contributed by atoms with Crippen LogP contribution in [0, 0.1) is 19.7 Å². The lowest BCUT2D eigenvalue weighted by Crippen LogP contribution is -2.27. The smallest absolute Gasteiger partial charge is 0.265 e. The summed E-state index contributed by atoms with van der Waals surface area (Å²) in [6.45, 7) is 4.06. The number of carbonyl (C=O) groups is 1. The highest BCUT2D eigenvalue weighted by Gasteiger charge is 2.29. The second kappa shape index (κ2) is 8.31. The molecule has 0 saturated heterocycles. The Hall–Kier alpha value is -3.17. The monoisotopic (exact) mass is 483 g/mol. The molecule has 1 atom stereocenters. The van der Waals surface area contributed by atoms with Gasteiger partial charge in [-0.3, -0.25) is 14.2 Å². The Morgan fingerprint density at radius 3 is 2.82 bits per heavy atom. The highest BCUT2D eigenvalue weighted by Crippen LogP contribution is 2.34. The Kier molecular flexibility index (Phi) is 5.46. The first-order chi connectivity index (χ1) is 15.8. The first kappa shape index (κ1) is 21.7. The molecule has 1 unspecified atom stereocenters. The fraction of sp³-hybridized carbons (Fsp3) is 0.217. The average Bonchev–Trinajstić information content (AvgIpc) is 3.38. The van der Waals surface area contributed by atoms with Crippen LogP contribution in [0.2, 0.25) is 5.02 Å². The zero-order valence-corrected chi connectivity index (χ0v) is 19.4. The standard InChI is InChI=1S/C23H19ClFN5O2S/c1-12-3-5-15(7-13(12)2)30-21-17(10-26-30)22(32)29-16(11-33-23(29)28-21)9-20(31)27-14-4-6-19(25)18(24)8-14/h3-8,10,16H,9,11H2,1-2H3,(H,27,31). The summed E-state index contributed by atoms with van der Waals surface area (Å²) in [5.74, 6) is -0.309. The van der Waals surface area contributed by atoms with Gasteiger partial charge in [-0.05, 0) is 55.3 Å². The van der Waals surface area contributed by atoms with Crippen LogP contribution >= 0.6 is 23.4 Å². The van der Waals surface area contributed by atoms with Crippen LogP contribution in [0.5, 0.6) is 0 Å². The van der Waals surface area contributed by atoms with Crippen molar-refractivity contribution in [2.24, 2.45) is 0 Å². The Bertz CT molecular complexity index is 1480. The van der Waals surface area contributed by atoms with Crippen LogP contribution in [0.3, 0.4) is 0 Å². The van der Waals surface area contributed by atoms with Crippen molar-refractivity contribution in [3.05, 3.63) is 74.9 Å². The third-order valence-corrected chi connectivity index (χ3v) is 7.12. The van der Waals surface area contributed by atoms with Gasteiger partial charge in [0.2, 0.25) is 5.91 Å². The number of halogens is 2. The van der Waals surface area contributed by atoms with Crippen LogP contribution in [-0.4, -0.2) is 31.0 Å². The van der Waals surface area contributed by atoms with Crippen LogP contribution in [-0.2, 0) is 4.79 Å². The minimum absolute atomic E-state index is 0.0711. The number of hydrogen-bond acceptors (Lipinski definition) is 5. The van der Waals surface area contributed by atoms with E-state index in [0.29, 0.717) is 27.6 Å². The summed E-state index contributed by atoms with van der Waals surface area (Å²) in [4.78, 5) is 30.6. The minimum Gasteiger partial charge on any atom is -0.326 e. The van der Waals surface area contributed by atoms with Crippen LogP contribution in [0.25, 0.3) is 16.7 Å². The van der Waals surface area contributed by atoms with Crippen molar-refractivity contribution < 1.29 is 9.18 Å². The summed E-state index contributed by atoms with van der Waals surface area (Å²) in [6.07, 6.45) is 1.60. The van der Waals surface area contributed by atoms with E-state index in [2.05, 4.69) is 10.4 Å². The fourth-order valence-electron chi connectivity index (χ4n) is 3.83. The maximum Gasteiger partial charge on any atom is 0.265 e. The quantitative estimate of drug-likeness (QED) is 0.427. The van der Waals surface area contributed by atoms with Crippen LogP contribution < -0.4 is 10.9 Å². The number of fused-ring (bicyclic) bond motifs is 2. The van der Waals surface area contributed by atoms with E-state index < -0.39 is 5.82 Å². The topological polar surface area (TPSA) is 81.8 Å². The third kappa shape index (κ3) is 3.91. The van der Waals surface area contributed by atoms with E-state index in [1.807, 2.05) is 32.0 Å². The molecule has 7 nitrogen and oxygen atoms in total. The number of hydrogen-bond donors (Lipinski definition) is 1. The number of carbonyl (C=O) groups excluding carboxylic acids is 1. The number of anilines is 1. The van der Waals surface area contributed by atoms with Gasteiger partial charge in [-0.15, -0.1) is 0 Å². The first-order valence-electron chi connectivity index (χ1n) is 10.3. The maximum absolute atomic E-state index is 13.3. The van der Waals surface area contributed by atoms with Gasteiger partial charge in [0, 0.05) is 17.9 Å². The molecule has 0 radical (unpaired) electrons. The molecule has 1 aliphatic rings. The molecule has 2 aromatic heterocycles. The van der Waals surface area contributed by atoms with Gasteiger partial charge >= 0.3 is 0 Å². The second-order valence-corrected chi connectivity index (χ2v) is 9.37. The summed E-state index contributed by atoms with van der Waals surface area (Å²) in [7, 11) is 0. The SMILES string of the molecule is Cc1ccc(-n2ncc3c(=O)n4c(nc32)SCC4CC(=O)Nc2ccc(F)c(Cl)c2)cc1C. The van der Waals surface area contributed by atoms with Crippen molar-refractivity contribution in [1.29, 1.82) is 0 Å². The molecule has 0 saturated carbocycles. The largest absolute Gasteiger partial charge is 0.326 e. The van der Waals surface area contributed by atoms with Gasteiger partial charge < -0.3 is 5.32 Å². The molecule has 0 aliphatic carbocycles. The molecule has 0 bridgehead atoms. The molecule has 2 aromatic carbocycles. The van der Waals surface area contributed by atoms with Crippen LogP contribution in [0.1, 0.15) is 23.6 Å². The Morgan fingerprint density at radius 1 is 1.24 bits per heavy atom. The molecule has 1 N–H and O–H groups in total. The van der Waals surface area contributed by atoms with Crippen molar-refractivity contribution in [3.8, 4) is 5.69 Å². The normalized spacial score (nSPS) is 15.1. The number of thioether (sulfide) groups is 1. The van der Waals surface area contributed by atoms with E-state index in [0.717, 1.165) is 11.3 Å². The van der Waals surface area contributed by atoms with E-state index in [4.69, 9.17) is 16.6 Å². The van der Waals surface area contributed by atoms with Gasteiger partial charge in [-0.1, -0.05) is 29.4 Å². The lowest BCUT2D eigenvalue weighted by atomic mass is 10.1. The van der Waals surface area contributed by atoms with E-state index in [1.165, 1.54) is 41.7 Å². The van der Waals surface area contributed by atoms with Crippen molar-refractivity contribution in [1.82, 2.24) is 19.3 Å². The Balaban J connectivity index is 1.44. The van der Waals surface area contributed by atoms with Gasteiger partial charge in [0.05, 0.1) is 22.9 Å². The van der Waals surface area contributed by atoms with Gasteiger partial charge in [-0.2, -0.15) is 5.10 Å². The number of amides is 1. The predicted molar refractivity (Wildman–Crippen MR) is 127 cm³/mol. The van der Waals surface area contributed by atoms with Gasteiger partial charge in [0.1, 0.15) is 11.2 Å². The number of nitrogens with one attached hydrogen (secondary N) is 1. The molecular formula is C23H19ClFN5O2S. The second-order valence-electron chi connectivity index (χ2n) is 7.98. The van der Waals surface area contributed by atoms with Crippen LogP contribution in [0.15, 0.2) is 52.5 Å². The van der Waals surface area contributed by atoms with E-state index in [1.54, 1.807) is 9.25 Å². The lowest BCUT2D eigenvalue weighted by molar-refractivity contribution is -0.116. The molecule has 168 valence electrons. The first-order valence-corrected chi connectivity index (χ1v) is 11.6. The van der Waals surface area contributed by atoms with Crippen LogP contribution in [0.4, 0.5) is 10.1 Å². The third-order valence-electron chi connectivity index (χ3n) is 5.73. The number of aromatic nitrogens is 4. The molecule has 0 spiro atoms. The molecule has 1 amide bonds. The summed E-state index contributed by atoms with van der Waals surface area (Å²) < 4.78 is 16.6. The zero-order chi connectivity index (χ0) is 23.3. The minimum atomic E-state index is -0.557. The van der Waals surface area contributed by atoms with Crippen molar-refractivity contribution >= 4 is 46.0 Å². The Labute approximate surface area is 197 Å². The summed E-state index contributed by atoms with van der Waals surface area (Å²) >= 11 is 7.21. The molecule has 3 heterocycles. The lowest BCUT2D eigenvalue weighted by Gasteiger charge is -2.14. The average molecular weight is 484 g/mol. The summed E-state index contributed by atoms with van der Waals surface area (Å²) in [6, 6.07) is 9.60. The highest BCUT2D eigenvalue weighted by atomic mass is 35.5. The van der Waals surface area contributed by atoms with Gasteiger partial charge in [0.15, 0.2) is 10.8 Å². The summed E-state index contributed by atoms with van der Waals surface area (Å²) in [5.41, 5.74) is 3.79. The molecule has 0 fully saturated rings. The number of nitrogens with zero attached hydrogens (tertiary/aromatic N) is 4. The molecule has 5 rings (SSSR count). The molecule has 33 heavy (non-hydrogen) atoms. The summed E-state index contributed by atoms with van der Waals surface area (Å²) in [5, 5.41) is 8.00. The molecule has 1 aliphatic heterocycles. The van der Waals surface area contributed by atoms with E-state index in [-0.39, 0.29) is 29.0 Å². The van der Waals surface area contributed by atoms with Crippen molar-refractivity contribution in [3.63, 3.8) is 0 Å². The molecule has 4 aromatic rings. The fourth-order valence-corrected chi connectivity index (χ4v) is 5.14. The van der Waals surface area contributed by atoms with Gasteiger partial charge in [0.25, 0.3) is 5.56 Å². The van der Waals surface area contributed by atoms with Crippen molar-refractivity contribution in [2.75, 3.05) is 11.1 Å². The Morgan fingerprint density at radius 2 is 2.06 bits per heavy atom. The zero-order valence-electron chi connectivity index (χ0n) is 17.8.